The number of hydrogen-bond acceptors (Lipinski definition) is 5. The number of carbonyl (C=O) groups excluding carboxylic acids is 2. The lowest BCUT2D eigenvalue weighted by Crippen LogP contribution is -2.16. The fourth-order valence-electron chi connectivity index (χ4n) is 3.33. The van der Waals surface area contributed by atoms with Crippen LogP contribution in [0.2, 0.25) is 0 Å². The van der Waals surface area contributed by atoms with Gasteiger partial charge in [0.15, 0.2) is 6.61 Å². The van der Waals surface area contributed by atoms with E-state index in [0.29, 0.717) is 16.9 Å². The molecule has 0 fully saturated rings. The van der Waals surface area contributed by atoms with Gasteiger partial charge in [-0.1, -0.05) is 24.3 Å². The van der Waals surface area contributed by atoms with Gasteiger partial charge >= 0.3 is 5.97 Å². The van der Waals surface area contributed by atoms with Crippen molar-refractivity contribution in [2.24, 2.45) is 0 Å². The van der Waals surface area contributed by atoms with Gasteiger partial charge < -0.3 is 9.30 Å². The highest BCUT2D eigenvalue weighted by atomic mass is 19.1. The molecule has 0 aliphatic rings. The SMILES string of the molecule is Cc1cc(C(=O)COC(=O)Cc2ccccc2[N+](=O)[O-])c(C)n1-c1cccc(F)c1. The Labute approximate surface area is 171 Å². The molecule has 0 saturated carbocycles. The number of hydrogen-bond donors (Lipinski definition) is 0. The normalized spacial score (nSPS) is 10.6. The molecule has 8 heteroatoms. The van der Waals surface area contributed by atoms with Crippen LogP contribution in [0.1, 0.15) is 27.3 Å². The molecule has 1 heterocycles. The van der Waals surface area contributed by atoms with Crippen molar-refractivity contribution in [3.05, 3.63) is 93.0 Å². The molecule has 0 radical (unpaired) electrons. The molecule has 0 spiro atoms. The first-order valence-electron chi connectivity index (χ1n) is 9.14. The Morgan fingerprint density at radius 1 is 1.10 bits per heavy atom. The summed E-state index contributed by atoms with van der Waals surface area (Å²) in [5, 5.41) is 11.0. The van der Waals surface area contributed by atoms with Crippen LogP contribution in [0.4, 0.5) is 10.1 Å². The molecule has 0 atom stereocenters. The summed E-state index contributed by atoms with van der Waals surface area (Å²) in [6.07, 6.45) is -0.313. The first-order valence-corrected chi connectivity index (χ1v) is 9.14. The van der Waals surface area contributed by atoms with Crippen molar-refractivity contribution in [3.8, 4) is 5.69 Å². The Morgan fingerprint density at radius 2 is 1.83 bits per heavy atom. The maximum atomic E-state index is 13.6. The molecular weight excluding hydrogens is 391 g/mol. The lowest BCUT2D eigenvalue weighted by atomic mass is 10.1. The second kappa shape index (κ2) is 8.69. The number of esters is 1. The van der Waals surface area contributed by atoms with E-state index in [4.69, 9.17) is 4.74 Å². The van der Waals surface area contributed by atoms with Crippen LogP contribution in [-0.4, -0.2) is 27.8 Å². The average Bonchev–Trinajstić information content (AvgIpc) is 3.00. The zero-order valence-electron chi connectivity index (χ0n) is 16.4. The minimum atomic E-state index is -0.739. The first kappa shape index (κ1) is 20.9. The van der Waals surface area contributed by atoms with Crippen molar-refractivity contribution >= 4 is 17.4 Å². The maximum absolute atomic E-state index is 13.6. The third kappa shape index (κ3) is 4.43. The van der Waals surface area contributed by atoms with Crippen LogP contribution < -0.4 is 0 Å². The molecule has 0 unspecified atom stereocenters. The van der Waals surface area contributed by atoms with Crippen LogP contribution >= 0.6 is 0 Å². The summed E-state index contributed by atoms with van der Waals surface area (Å²) in [6, 6.07) is 13.5. The van der Waals surface area contributed by atoms with Crippen LogP contribution in [0, 0.1) is 29.8 Å². The highest BCUT2D eigenvalue weighted by Gasteiger charge is 2.20. The summed E-state index contributed by atoms with van der Waals surface area (Å²) in [6.45, 7) is 3.02. The fraction of sp³-hybridized carbons (Fsp3) is 0.182. The van der Waals surface area contributed by atoms with Crippen LogP contribution in [-0.2, 0) is 16.0 Å². The minimum absolute atomic E-state index is 0.181. The van der Waals surface area contributed by atoms with Crippen LogP contribution in [0.15, 0.2) is 54.6 Å². The van der Waals surface area contributed by atoms with E-state index in [1.165, 1.54) is 30.3 Å². The van der Waals surface area contributed by atoms with Gasteiger partial charge in [0.2, 0.25) is 5.78 Å². The maximum Gasteiger partial charge on any atom is 0.310 e. The Kier molecular flexibility index (Phi) is 6.06. The molecule has 3 rings (SSSR count). The Balaban J connectivity index is 1.71. The number of ketones is 1. The molecule has 3 aromatic rings. The van der Waals surface area contributed by atoms with Gasteiger partial charge in [0.25, 0.3) is 5.69 Å². The number of Topliss-reactive ketones (excluding diaryl/α,β-unsaturated/α-hetero) is 1. The van der Waals surface area contributed by atoms with Gasteiger partial charge in [0.1, 0.15) is 5.82 Å². The van der Waals surface area contributed by atoms with Gasteiger partial charge in [-0.15, -0.1) is 0 Å². The topological polar surface area (TPSA) is 91.4 Å². The number of para-hydroxylation sites is 1. The van der Waals surface area contributed by atoms with Crippen molar-refractivity contribution < 1.29 is 23.6 Å². The Morgan fingerprint density at radius 3 is 2.53 bits per heavy atom. The number of aromatic nitrogens is 1. The molecule has 1 aromatic heterocycles. The molecule has 0 aliphatic carbocycles. The van der Waals surface area contributed by atoms with Gasteiger partial charge in [-0.05, 0) is 38.1 Å². The number of nitro groups is 1. The van der Waals surface area contributed by atoms with E-state index in [2.05, 4.69) is 0 Å². The number of halogens is 1. The lowest BCUT2D eigenvalue weighted by Gasteiger charge is -2.10. The van der Waals surface area contributed by atoms with E-state index < -0.39 is 29.1 Å². The number of ether oxygens (including phenoxy) is 1. The number of nitrogens with zero attached hydrogens (tertiary/aromatic N) is 2. The summed E-state index contributed by atoms with van der Waals surface area (Å²) in [4.78, 5) is 35.1. The summed E-state index contributed by atoms with van der Waals surface area (Å²) in [5.74, 6) is -1.55. The number of carbonyl (C=O) groups is 2. The second-order valence-corrected chi connectivity index (χ2v) is 6.75. The minimum Gasteiger partial charge on any atom is -0.457 e. The average molecular weight is 410 g/mol. The molecule has 154 valence electrons. The van der Waals surface area contributed by atoms with Crippen molar-refractivity contribution in [3.63, 3.8) is 0 Å². The van der Waals surface area contributed by atoms with E-state index in [9.17, 15) is 24.1 Å². The van der Waals surface area contributed by atoms with Crippen molar-refractivity contribution in [2.75, 3.05) is 6.61 Å². The van der Waals surface area contributed by atoms with Gasteiger partial charge in [-0.3, -0.25) is 19.7 Å². The Bertz CT molecular complexity index is 1140. The number of rotatable bonds is 7. The van der Waals surface area contributed by atoms with Crippen molar-refractivity contribution in [1.82, 2.24) is 4.57 Å². The zero-order chi connectivity index (χ0) is 21.8. The zero-order valence-corrected chi connectivity index (χ0v) is 16.4. The van der Waals surface area contributed by atoms with E-state index in [-0.39, 0.29) is 17.7 Å². The number of nitro benzene ring substituents is 1. The molecule has 0 bridgehead atoms. The highest BCUT2D eigenvalue weighted by Crippen LogP contribution is 2.22. The summed E-state index contributed by atoms with van der Waals surface area (Å²) in [5.41, 5.74) is 2.29. The lowest BCUT2D eigenvalue weighted by molar-refractivity contribution is -0.385. The van der Waals surface area contributed by atoms with Crippen LogP contribution in [0.3, 0.4) is 0 Å². The summed E-state index contributed by atoms with van der Waals surface area (Å²) >= 11 is 0. The van der Waals surface area contributed by atoms with Crippen LogP contribution in [0.5, 0.6) is 0 Å². The highest BCUT2D eigenvalue weighted by molar-refractivity contribution is 5.99. The standard InChI is InChI=1S/C22H19FN2O5/c1-14-10-19(15(2)24(14)18-8-5-7-17(23)12-18)21(26)13-30-22(27)11-16-6-3-4-9-20(16)25(28)29/h3-10,12H,11,13H2,1-2H3. The van der Waals surface area contributed by atoms with E-state index in [1.807, 2.05) is 0 Å². The molecule has 0 saturated heterocycles. The molecule has 2 aromatic carbocycles. The first-order chi connectivity index (χ1) is 14.3. The third-order valence-corrected chi connectivity index (χ3v) is 4.69. The quantitative estimate of drug-likeness (QED) is 0.253. The smallest absolute Gasteiger partial charge is 0.310 e. The molecule has 0 amide bonds. The molecule has 7 nitrogen and oxygen atoms in total. The monoisotopic (exact) mass is 410 g/mol. The summed E-state index contributed by atoms with van der Waals surface area (Å²) in [7, 11) is 0. The molecule has 30 heavy (non-hydrogen) atoms. The number of aryl methyl sites for hydroxylation is 1. The molecular formula is C22H19FN2O5. The molecule has 0 aliphatic heterocycles. The van der Waals surface area contributed by atoms with Gasteiger partial charge in [0, 0.05) is 34.3 Å². The predicted octanol–water partition coefficient (Wildman–Crippen LogP) is 4.11. The van der Waals surface area contributed by atoms with Crippen LogP contribution in [0.25, 0.3) is 5.69 Å². The van der Waals surface area contributed by atoms with E-state index >= 15 is 0 Å². The van der Waals surface area contributed by atoms with E-state index in [1.54, 1.807) is 42.7 Å². The Hall–Kier alpha value is -3.81. The van der Waals surface area contributed by atoms with Gasteiger partial charge in [-0.25, -0.2) is 4.39 Å². The largest absolute Gasteiger partial charge is 0.457 e. The third-order valence-electron chi connectivity index (χ3n) is 4.69. The second-order valence-electron chi connectivity index (χ2n) is 6.75. The fourth-order valence-corrected chi connectivity index (χ4v) is 3.33. The van der Waals surface area contributed by atoms with Gasteiger partial charge in [-0.2, -0.15) is 0 Å². The number of benzene rings is 2. The summed E-state index contributed by atoms with van der Waals surface area (Å²) < 4.78 is 20.4. The predicted molar refractivity (Wildman–Crippen MR) is 107 cm³/mol. The molecule has 0 N–H and O–H groups in total. The van der Waals surface area contributed by atoms with Crippen molar-refractivity contribution in [1.29, 1.82) is 0 Å². The van der Waals surface area contributed by atoms with Crippen molar-refractivity contribution in [2.45, 2.75) is 20.3 Å². The van der Waals surface area contributed by atoms with Gasteiger partial charge in [0.05, 0.1) is 11.3 Å². The van der Waals surface area contributed by atoms with E-state index in [0.717, 1.165) is 5.69 Å².